The summed E-state index contributed by atoms with van der Waals surface area (Å²) in [7, 11) is 0. The third kappa shape index (κ3) is 5.84. The van der Waals surface area contributed by atoms with Crippen LogP contribution < -0.4 is 16.0 Å². The minimum atomic E-state index is -0.124. The molecule has 27 heavy (non-hydrogen) atoms. The quantitative estimate of drug-likeness (QED) is 0.649. The van der Waals surface area contributed by atoms with Gasteiger partial charge >= 0.3 is 0 Å². The zero-order valence-electron chi connectivity index (χ0n) is 16.7. The molecule has 0 radical (unpaired) electrons. The summed E-state index contributed by atoms with van der Waals surface area (Å²) in [6, 6.07) is 13.3. The molecule has 0 spiro atoms. The van der Waals surface area contributed by atoms with Gasteiger partial charge in [-0.25, -0.2) is 0 Å². The number of benzene rings is 2. The molecular weight excluding hydrogens is 338 g/mol. The SMILES string of the molecule is CC(=O)Nc1ccc(NC(=O)CNc2c(C(C)C)cccc2C(C)C)cc1. The Labute approximate surface area is 161 Å². The molecule has 0 atom stereocenters. The molecule has 0 aromatic heterocycles. The van der Waals surface area contributed by atoms with Crippen LogP contribution in [0.25, 0.3) is 0 Å². The zero-order chi connectivity index (χ0) is 20.0. The van der Waals surface area contributed by atoms with E-state index >= 15 is 0 Å². The maximum atomic E-state index is 12.4. The molecule has 2 aromatic rings. The number of hydrogen-bond acceptors (Lipinski definition) is 3. The molecular formula is C22H29N3O2. The summed E-state index contributed by atoms with van der Waals surface area (Å²) in [5, 5.41) is 8.91. The Morgan fingerprint density at radius 3 is 1.74 bits per heavy atom. The van der Waals surface area contributed by atoms with Gasteiger partial charge in [-0.05, 0) is 47.2 Å². The average Bonchev–Trinajstić information content (AvgIpc) is 2.60. The molecule has 0 saturated carbocycles. The van der Waals surface area contributed by atoms with E-state index in [-0.39, 0.29) is 18.4 Å². The first kappa shape index (κ1) is 20.5. The molecule has 0 unspecified atom stereocenters. The van der Waals surface area contributed by atoms with Crippen LogP contribution in [-0.2, 0) is 9.59 Å². The highest BCUT2D eigenvalue weighted by Gasteiger charge is 2.14. The summed E-state index contributed by atoms with van der Waals surface area (Å²) in [6.07, 6.45) is 0. The summed E-state index contributed by atoms with van der Waals surface area (Å²) in [6.45, 7) is 10.3. The Kier molecular flexibility index (Phi) is 6.99. The first-order valence-electron chi connectivity index (χ1n) is 9.32. The highest BCUT2D eigenvalue weighted by Crippen LogP contribution is 2.32. The van der Waals surface area contributed by atoms with Gasteiger partial charge in [0.15, 0.2) is 0 Å². The third-order valence-electron chi connectivity index (χ3n) is 4.29. The monoisotopic (exact) mass is 367 g/mol. The van der Waals surface area contributed by atoms with Gasteiger partial charge in [0.2, 0.25) is 11.8 Å². The molecule has 0 fully saturated rings. The number of rotatable bonds is 7. The van der Waals surface area contributed by atoms with E-state index < -0.39 is 0 Å². The molecule has 0 aliphatic rings. The van der Waals surface area contributed by atoms with Crippen LogP contribution in [0.3, 0.4) is 0 Å². The summed E-state index contributed by atoms with van der Waals surface area (Å²) in [5.41, 5.74) is 4.88. The van der Waals surface area contributed by atoms with E-state index in [9.17, 15) is 9.59 Å². The average molecular weight is 367 g/mol. The van der Waals surface area contributed by atoms with Crippen LogP contribution in [0.15, 0.2) is 42.5 Å². The number of carbonyl (C=O) groups excluding carboxylic acids is 2. The fourth-order valence-corrected chi connectivity index (χ4v) is 2.97. The van der Waals surface area contributed by atoms with E-state index in [1.807, 2.05) is 0 Å². The fourth-order valence-electron chi connectivity index (χ4n) is 2.97. The van der Waals surface area contributed by atoms with Crippen molar-refractivity contribution in [3.8, 4) is 0 Å². The second kappa shape index (κ2) is 9.21. The fraction of sp³-hybridized carbons (Fsp3) is 0.364. The van der Waals surface area contributed by atoms with E-state index in [1.54, 1.807) is 24.3 Å². The lowest BCUT2D eigenvalue weighted by molar-refractivity contribution is -0.115. The minimum absolute atomic E-state index is 0.115. The topological polar surface area (TPSA) is 70.2 Å². The van der Waals surface area contributed by atoms with Crippen LogP contribution in [0.2, 0.25) is 0 Å². The van der Waals surface area contributed by atoms with Crippen LogP contribution >= 0.6 is 0 Å². The lowest BCUT2D eigenvalue weighted by Crippen LogP contribution is -2.23. The van der Waals surface area contributed by atoms with Crippen molar-refractivity contribution in [2.24, 2.45) is 0 Å². The minimum Gasteiger partial charge on any atom is -0.376 e. The van der Waals surface area contributed by atoms with Crippen molar-refractivity contribution < 1.29 is 9.59 Å². The largest absolute Gasteiger partial charge is 0.376 e. The summed E-state index contributed by atoms with van der Waals surface area (Å²) in [4.78, 5) is 23.4. The van der Waals surface area contributed by atoms with Crippen molar-refractivity contribution in [3.63, 3.8) is 0 Å². The molecule has 2 amide bonds. The first-order valence-corrected chi connectivity index (χ1v) is 9.32. The Hall–Kier alpha value is -2.82. The van der Waals surface area contributed by atoms with Gasteiger partial charge in [0.05, 0.1) is 6.54 Å². The first-order chi connectivity index (χ1) is 12.8. The predicted molar refractivity (Wildman–Crippen MR) is 112 cm³/mol. The summed E-state index contributed by atoms with van der Waals surface area (Å²) in [5.74, 6) is 0.502. The van der Waals surface area contributed by atoms with E-state index in [0.29, 0.717) is 23.2 Å². The maximum absolute atomic E-state index is 12.4. The van der Waals surface area contributed by atoms with Gasteiger partial charge in [-0.15, -0.1) is 0 Å². The number of carbonyl (C=O) groups is 2. The van der Waals surface area contributed by atoms with Crippen molar-refractivity contribution in [3.05, 3.63) is 53.6 Å². The van der Waals surface area contributed by atoms with E-state index in [1.165, 1.54) is 18.1 Å². The van der Waals surface area contributed by atoms with Gasteiger partial charge in [-0.3, -0.25) is 9.59 Å². The van der Waals surface area contributed by atoms with E-state index in [0.717, 1.165) is 5.69 Å². The van der Waals surface area contributed by atoms with E-state index in [4.69, 9.17) is 0 Å². The molecule has 2 rings (SSSR count). The van der Waals surface area contributed by atoms with Crippen molar-refractivity contribution in [2.75, 3.05) is 22.5 Å². The lowest BCUT2D eigenvalue weighted by atomic mass is 9.92. The van der Waals surface area contributed by atoms with Crippen LogP contribution in [0, 0.1) is 0 Å². The third-order valence-corrected chi connectivity index (χ3v) is 4.29. The number of para-hydroxylation sites is 1. The molecule has 3 N–H and O–H groups in total. The van der Waals surface area contributed by atoms with Gasteiger partial charge in [0.1, 0.15) is 0 Å². The van der Waals surface area contributed by atoms with E-state index in [2.05, 4.69) is 61.8 Å². The number of hydrogen-bond donors (Lipinski definition) is 3. The Bertz CT molecular complexity index is 769. The van der Waals surface area contributed by atoms with Crippen molar-refractivity contribution >= 4 is 28.9 Å². The zero-order valence-corrected chi connectivity index (χ0v) is 16.7. The molecule has 0 saturated heterocycles. The Balaban J connectivity index is 2.04. The van der Waals surface area contributed by atoms with Crippen molar-refractivity contribution in [1.82, 2.24) is 0 Å². The molecule has 0 aliphatic heterocycles. The molecule has 0 heterocycles. The second-order valence-electron chi connectivity index (χ2n) is 7.28. The number of anilines is 3. The molecule has 0 bridgehead atoms. The molecule has 0 aliphatic carbocycles. The molecule has 2 aromatic carbocycles. The van der Waals surface area contributed by atoms with Gasteiger partial charge < -0.3 is 16.0 Å². The Morgan fingerprint density at radius 2 is 1.30 bits per heavy atom. The van der Waals surface area contributed by atoms with Gasteiger partial charge in [0.25, 0.3) is 0 Å². The normalized spacial score (nSPS) is 10.8. The van der Waals surface area contributed by atoms with Crippen molar-refractivity contribution in [2.45, 2.75) is 46.5 Å². The van der Waals surface area contributed by atoms with Crippen LogP contribution in [0.4, 0.5) is 17.1 Å². The number of nitrogens with one attached hydrogen (secondary N) is 3. The van der Waals surface area contributed by atoms with Gasteiger partial charge in [-0.2, -0.15) is 0 Å². The molecule has 5 nitrogen and oxygen atoms in total. The summed E-state index contributed by atoms with van der Waals surface area (Å²) >= 11 is 0. The smallest absolute Gasteiger partial charge is 0.243 e. The molecule has 144 valence electrons. The van der Waals surface area contributed by atoms with Crippen molar-refractivity contribution in [1.29, 1.82) is 0 Å². The second-order valence-corrected chi connectivity index (χ2v) is 7.28. The lowest BCUT2D eigenvalue weighted by Gasteiger charge is -2.20. The Morgan fingerprint density at radius 1 is 0.815 bits per heavy atom. The maximum Gasteiger partial charge on any atom is 0.243 e. The van der Waals surface area contributed by atoms with Gasteiger partial charge in [-0.1, -0.05) is 45.9 Å². The highest BCUT2D eigenvalue weighted by atomic mass is 16.2. The molecule has 5 heteroatoms. The van der Waals surface area contributed by atoms with Gasteiger partial charge in [0, 0.05) is 24.0 Å². The highest BCUT2D eigenvalue weighted by molar-refractivity contribution is 5.94. The predicted octanol–water partition coefficient (Wildman–Crippen LogP) is 4.94. The van der Waals surface area contributed by atoms with Crippen LogP contribution in [0.5, 0.6) is 0 Å². The van der Waals surface area contributed by atoms with Crippen LogP contribution in [-0.4, -0.2) is 18.4 Å². The number of amides is 2. The van der Waals surface area contributed by atoms with Crippen LogP contribution in [0.1, 0.15) is 57.6 Å². The standard InChI is InChI=1S/C22H29N3O2/c1-14(2)19-7-6-8-20(15(3)4)22(19)23-13-21(27)25-18-11-9-17(10-12-18)24-16(5)26/h6-12,14-15,23H,13H2,1-5H3,(H,24,26)(H,25,27). The summed E-state index contributed by atoms with van der Waals surface area (Å²) < 4.78 is 0.